The second kappa shape index (κ2) is 4.06. The number of amidine groups is 1. The lowest BCUT2D eigenvalue weighted by molar-refractivity contribution is 1.03. The van der Waals surface area contributed by atoms with Crippen molar-refractivity contribution in [3.8, 4) is 0 Å². The van der Waals surface area contributed by atoms with E-state index < -0.39 is 0 Å². The van der Waals surface area contributed by atoms with Crippen LogP contribution in [0.1, 0.15) is 11.1 Å². The van der Waals surface area contributed by atoms with Crippen molar-refractivity contribution in [1.29, 1.82) is 0 Å². The van der Waals surface area contributed by atoms with Crippen molar-refractivity contribution < 1.29 is 0 Å². The molecule has 1 aromatic rings. The molecule has 1 aliphatic rings. The third-order valence-electron chi connectivity index (χ3n) is 2.28. The SMILES string of the molecule is C=C1N=C(N)C=C(c2ccc(C)cc2S)N1. The molecule has 0 unspecified atom stereocenters. The molecular formula is C12H13N3S. The molecule has 1 heterocycles. The summed E-state index contributed by atoms with van der Waals surface area (Å²) in [5.41, 5.74) is 8.72. The Morgan fingerprint density at radius 3 is 2.81 bits per heavy atom. The number of nitrogens with one attached hydrogen (secondary N) is 1. The molecule has 0 bridgehead atoms. The van der Waals surface area contributed by atoms with E-state index in [2.05, 4.69) is 29.5 Å². The smallest absolute Gasteiger partial charge is 0.127 e. The van der Waals surface area contributed by atoms with Crippen molar-refractivity contribution in [1.82, 2.24) is 5.32 Å². The quantitative estimate of drug-likeness (QED) is 0.648. The fourth-order valence-corrected chi connectivity index (χ4v) is 1.97. The van der Waals surface area contributed by atoms with Crippen LogP contribution >= 0.6 is 12.6 Å². The Labute approximate surface area is 100 Å². The van der Waals surface area contributed by atoms with Gasteiger partial charge >= 0.3 is 0 Å². The molecule has 16 heavy (non-hydrogen) atoms. The fourth-order valence-electron chi connectivity index (χ4n) is 1.57. The Morgan fingerprint density at radius 2 is 2.19 bits per heavy atom. The summed E-state index contributed by atoms with van der Waals surface area (Å²) in [7, 11) is 0. The lowest BCUT2D eigenvalue weighted by Gasteiger charge is -2.17. The molecule has 82 valence electrons. The van der Waals surface area contributed by atoms with E-state index in [1.54, 1.807) is 6.08 Å². The van der Waals surface area contributed by atoms with Crippen LogP contribution in [0.3, 0.4) is 0 Å². The van der Waals surface area contributed by atoms with Crippen molar-refractivity contribution in [3.05, 3.63) is 47.8 Å². The minimum absolute atomic E-state index is 0.451. The first-order valence-corrected chi connectivity index (χ1v) is 5.33. The molecule has 2 rings (SSSR count). The highest BCUT2D eigenvalue weighted by Crippen LogP contribution is 2.24. The van der Waals surface area contributed by atoms with Gasteiger partial charge in [0.1, 0.15) is 11.7 Å². The van der Waals surface area contributed by atoms with Crippen LogP contribution in [0.15, 0.2) is 46.6 Å². The first kappa shape index (κ1) is 10.8. The summed E-state index contributed by atoms with van der Waals surface area (Å²) >= 11 is 4.45. The molecule has 1 aliphatic heterocycles. The molecule has 0 saturated heterocycles. The molecule has 0 aliphatic carbocycles. The Hall–Kier alpha value is -1.68. The molecule has 3 N–H and O–H groups in total. The van der Waals surface area contributed by atoms with Gasteiger partial charge in [-0.05, 0) is 18.6 Å². The molecular weight excluding hydrogens is 218 g/mol. The average molecular weight is 231 g/mol. The molecule has 4 heteroatoms. The fraction of sp³-hybridized carbons (Fsp3) is 0.0833. The molecule has 0 fully saturated rings. The lowest BCUT2D eigenvalue weighted by Crippen LogP contribution is -2.22. The largest absolute Gasteiger partial charge is 0.384 e. The second-order valence-electron chi connectivity index (χ2n) is 3.69. The van der Waals surface area contributed by atoms with Gasteiger partial charge in [-0.2, -0.15) is 0 Å². The maximum absolute atomic E-state index is 5.68. The second-order valence-corrected chi connectivity index (χ2v) is 4.17. The van der Waals surface area contributed by atoms with Gasteiger partial charge in [0.15, 0.2) is 0 Å². The van der Waals surface area contributed by atoms with Crippen molar-refractivity contribution in [2.45, 2.75) is 11.8 Å². The number of nitrogens with two attached hydrogens (primary N) is 1. The van der Waals surface area contributed by atoms with Gasteiger partial charge in [0, 0.05) is 16.5 Å². The topological polar surface area (TPSA) is 50.4 Å². The van der Waals surface area contributed by atoms with Gasteiger partial charge in [0.05, 0.1) is 5.70 Å². The van der Waals surface area contributed by atoms with Crippen LogP contribution in [-0.4, -0.2) is 5.84 Å². The third-order valence-corrected chi connectivity index (χ3v) is 2.65. The van der Waals surface area contributed by atoms with Crippen molar-refractivity contribution in [3.63, 3.8) is 0 Å². The monoisotopic (exact) mass is 231 g/mol. The molecule has 0 atom stereocenters. The van der Waals surface area contributed by atoms with Crippen molar-refractivity contribution in [2.24, 2.45) is 10.7 Å². The summed E-state index contributed by atoms with van der Waals surface area (Å²) in [6.45, 7) is 5.77. The maximum Gasteiger partial charge on any atom is 0.127 e. The van der Waals surface area contributed by atoms with E-state index in [-0.39, 0.29) is 0 Å². The number of rotatable bonds is 1. The van der Waals surface area contributed by atoms with Crippen LogP contribution < -0.4 is 11.1 Å². The molecule has 0 spiro atoms. The minimum Gasteiger partial charge on any atom is -0.384 e. The molecule has 0 radical (unpaired) electrons. The highest BCUT2D eigenvalue weighted by atomic mass is 32.1. The summed E-state index contributed by atoms with van der Waals surface area (Å²) in [5.74, 6) is 0.996. The van der Waals surface area contributed by atoms with E-state index >= 15 is 0 Å². The average Bonchev–Trinajstić information content (AvgIpc) is 2.15. The minimum atomic E-state index is 0.451. The number of benzene rings is 1. The first-order valence-electron chi connectivity index (χ1n) is 4.88. The third kappa shape index (κ3) is 2.12. The van der Waals surface area contributed by atoms with E-state index in [0.717, 1.165) is 16.2 Å². The van der Waals surface area contributed by atoms with Gasteiger partial charge in [0.25, 0.3) is 0 Å². The van der Waals surface area contributed by atoms with Crippen LogP contribution in [-0.2, 0) is 0 Å². The summed E-state index contributed by atoms with van der Waals surface area (Å²) in [6.07, 6.45) is 1.78. The van der Waals surface area contributed by atoms with Crippen molar-refractivity contribution in [2.75, 3.05) is 0 Å². The summed E-state index contributed by atoms with van der Waals surface area (Å²) in [6, 6.07) is 6.04. The first-order chi connectivity index (χ1) is 7.56. The molecule has 0 saturated carbocycles. The normalized spacial score (nSPS) is 15.2. The zero-order valence-electron chi connectivity index (χ0n) is 8.99. The highest BCUT2D eigenvalue weighted by molar-refractivity contribution is 7.80. The number of aryl methyl sites for hydroxylation is 1. The maximum atomic E-state index is 5.68. The Kier molecular flexibility index (Phi) is 2.75. The van der Waals surface area contributed by atoms with Crippen molar-refractivity contribution >= 4 is 24.2 Å². The van der Waals surface area contributed by atoms with E-state index in [1.165, 1.54) is 5.56 Å². The van der Waals surface area contributed by atoms with Gasteiger partial charge in [-0.1, -0.05) is 18.7 Å². The van der Waals surface area contributed by atoms with Gasteiger partial charge in [-0.15, -0.1) is 12.6 Å². The number of hydrogen-bond acceptors (Lipinski definition) is 4. The van der Waals surface area contributed by atoms with E-state index in [0.29, 0.717) is 11.7 Å². The Balaban J connectivity index is 2.45. The zero-order valence-corrected chi connectivity index (χ0v) is 9.88. The van der Waals surface area contributed by atoms with Crippen LogP contribution in [0.2, 0.25) is 0 Å². The summed E-state index contributed by atoms with van der Waals surface area (Å²) in [5, 5.41) is 3.07. The molecule has 0 amide bonds. The van der Waals surface area contributed by atoms with Gasteiger partial charge in [0.2, 0.25) is 0 Å². The molecule has 0 aromatic heterocycles. The number of aliphatic imine (C=N–C) groups is 1. The number of nitrogens with zero attached hydrogens (tertiary/aromatic N) is 1. The van der Waals surface area contributed by atoms with E-state index in [1.807, 2.05) is 25.1 Å². The Bertz CT molecular complexity index is 515. The molecule has 3 nitrogen and oxygen atoms in total. The van der Waals surface area contributed by atoms with E-state index in [4.69, 9.17) is 5.73 Å². The van der Waals surface area contributed by atoms with Gasteiger partial charge < -0.3 is 11.1 Å². The van der Waals surface area contributed by atoms with E-state index in [9.17, 15) is 0 Å². The van der Waals surface area contributed by atoms with Gasteiger partial charge in [-0.3, -0.25) is 0 Å². The Morgan fingerprint density at radius 1 is 1.44 bits per heavy atom. The predicted molar refractivity (Wildman–Crippen MR) is 70.3 cm³/mol. The zero-order chi connectivity index (χ0) is 11.7. The van der Waals surface area contributed by atoms with Crippen LogP contribution in [0.5, 0.6) is 0 Å². The van der Waals surface area contributed by atoms with Crippen LogP contribution in [0.4, 0.5) is 0 Å². The molecule has 1 aromatic carbocycles. The summed E-state index contributed by atoms with van der Waals surface area (Å²) < 4.78 is 0. The predicted octanol–water partition coefficient (Wildman–Crippen LogP) is 2.06. The number of hydrogen-bond donors (Lipinski definition) is 3. The number of thiol groups is 1. The summed E-state index contributed by atoms with van der Waals surface area (Å²) in [4.78, 5) is 4.90. The van der Waals surface area contributed by atoms with Crippen LogP contribution in [0, 0.1) is 6.92 Å². The standard InChI is InChI=1S/C12H13N3S/c1-7-3-4-9(11(16)5-7)10-6-12(13)15-8(2)14-10/h3-6,14,16H,2H2,1H3,(H2,13,15). The van der Waals surface area contributed by atoms with Gasteiger partial charge in [-0.25, -0.2) is 4.99 Å². The highest BCUT2D eigenvalue weighted by Gasteiger charge is 2.11. The van der Waals surface area contributed by atoms with Crippen LogP contribution in [0.25, 0.3) is 5.70 Å². The lowest BCUT2D eigenvalue weighted by atomic mass is 10.1.